The third-order valence-corrected chi connectivity index (χ3v) is 6.07. The number of carbonyl (C=O) groups is 1. The highest BCUT2D eigenvalue weighted by Gasteiger charge is 2.32. The van der Waals surface area contributed by atoms with Crippen molar-refractivity contribution >= 4 is 28.3 Å². The number of carbonyl (C=O) groups excluding carboxylic acids is 1. The van der Waals surface area contributed by atoms with Crippen molar-refractivity contribution in [3.8, 4) is 5.75 Å². The molecule has 0 atom stereocenters. The maximum absolute atomic E-state index is 12.5. The summed E-state index contributed by atoms with van der Waals surface area (Å²) in [7, 11) is 0. The lowest BCUT2D eigenvalue weighted by atomic mass is 9.92. The molecule has 4 rings (SSSR count). The van der Waals surface area contributed by atoms with Crippen LogP contribution in [-0.2, 0) is 9.53 Å². The molecule has 0 bridgehead atoms. The number of morpholine rings is 1. The minimum absolute atomic E-state index is 0.117. The van der Waals surface area contributed by atoms with Crippen molar-refractivity contribution in [2.24, 2.45) is 5.73 Å². The highest BCUT2D eigenvalue weighted by Crippen LogP contribution is 2.33. The van der Waals surface area contributed by atoms with Gasteiger partial charge in [-0.2, -0.15) is 13.2 Å². The van der Waals surface area contributed by atoms with Gasteiger partial charge in [-0.15, -0.1) is 0 Å². The van der Waals surface area contributed by atoms with Crippen LogP contribution in [-0.4, -0.2) is 66.2 Å². The summed E-state index contributed by atoms with van der Waals surface area (Å²) in [6, 6.07) is 3.69. The molecule has 2 aromatic rings. The van der Waals surface area contributed by atoms with Crippen LogP contribution in [0.4, 0.5) is 18.9 Å². The number of alkyl halides is 3. The number of amides is 1. The molecule has 1 amide bonds. The summed E-state index contributed by atoms with van der Waals surface area (Å²) in [6.07, 6.45) is 1.07. The second-order valence-electron chi connectivity index (χ2n) is 8.54. The van der Waals surface area contributed by atoms with Gasteiger partial charge in [-0.05, 0) is 37.8 Å². The molecule has 4 N–H and O–H groups in total. The Morgan fingerprint density at radius 2 is 1.86 bits per heavy atom. The zero-order chi connectivity index (χ0) is 25.0. The molecule has 0 unspecified atom stereocenters. The van der Waals surface area contributed by atoms with Crippen molar-refractivity contribution in [1.82, 2.24) is 15.3 Å². The molecule has 12 heteroatoms. The van der Waals surface area contributed by atoms with Crippen LogP contribution in [0.5, 0.6) is 5.75 Å². The molecule has 2 aliphatic rings. The average Bonchev–Trinajstić information content (AvgIpc) is 2.85. The number of nitrogens with one attached hydrogen (secondary N) is 2. The van der Waals surface area contributed by atoms with Gasteiger partial charge in [0.05, 0.1) is 24.8 Å². The van der Waals surface area contributed by atoms with Gasteiger partial charge in [0.2, 0.25) is 0 Å². The Labute approximate surface area is 200 Å². The molecule has 0 spiro atoms. The van der Waals surface area contributed by atoms with Crippen LogP contribution >= 0.6 is 0 Å². The highest BCUT2D eigenvalue weighted by molar-refractivity contribution is 6.42. The Hall–Kier alpha value is -3.41. The zero-order valence-electron chi connectivity index (χ0n) is 19.0. The van der Waals surface area contributed by atoms with E-state index in [-0.39, 0.29) is 12.1 Å². The normalized spacial score (nSPS) is 21.6. The van der Waals surface area contributed by atoms with Crippen LogP contribution in [0.25, 0.3) is 11.0 Å². The van der Waals surface area contributed by atoms with E-state index in [0.29, 0.717) is 56.2 Å². The number of aromatic nitrogens is 2. The zero-order valence-corrected chi connectivity index (χ0v) is 19.0. The van der Waals surface area contributed by atoms with E-state index >= 15 is 0 Å². The molecule has 1 aliphatic carbocycles. The predicted molar refractivity (Wildman–Crippen MR) is 123 cm³/mol. The van der Waals surface area contributed by atoms with Crippen molar-refractivity contribution < 1.29 is 27.4 Å². The second kappa shape index (κ2) is 10.5. The summed E-state index contributed by atoms with van der Waals surface area (Å²) in [5.41, 5.74) is 4.97. The van der Waals surface area contributed by atoms with E-state index in [1.165, 1.54) is 0 Å². The van der Waals surface area contributed by atoms with Crippen molar-refractivity contribution in [2.75, 3.05) is 31.2 Å². The van der Waals surface area contributed by atoms with Gasteiger partial charge in [-0.3, -0.25) is 15.2 Å². The number of rotatable bonds is 6. The molecule has 1 aromatic heterocycles. The van der Waals surface area contributed by atoms with Gasteiger partial charge in [0.15, 0.2) is 0 Å². The maximum atomic E-state index is 12.5. The molecule has 1 aliphatic heterocycles. The Kier molecular flexibility index (Phi) is 7.39. The molecule has 0 radical (unpaired) electrons. The number of nitrogens with two attached hydrogens (primary N) is 1. The van der Waals surface area contributed by atoms with Gasteiger partial charge >= 0.3 is 6.18 Å². The minimum atomic E-state index is -4.78. The number of benzene rings is 1. The molecule has 1 saturated heterocycles. The van der Waals surface area contributed by atoms with Crippen LogP contribution < -0.4 is 20.7 Å². The standard InChI is InChI=1S/C23H27F3N6O3/c24-23(25,26)20(28)13-17(27)22(33)31-14-1-3-16(4-2-14)35-19-12-15(32-7-9-34-10-8-32)11-18-21(19)30-6-5-29-18/h5-6,11-14,16,27H,1-4,7-10,28H2,(H,31,33)/b20-13-,27-17?. The quantitative estimate of drug-likeness (QED) is 0.529. The third kappa shape index (κ3) is 6.18. The monoisotopic (exact) mass is 492 g/mol. The number of hydrogen-bond donors (Lipinski definition) is 3. The van der Waals surface area contributed by atoms with Crippen LogP contribution in [0.15, 0.2) is 36.3 Å². The van der Waals surface area contributed by atoms with E-state index in [1.807, 2.05) is 12.1 Å². The molecule has 1 saturated carbocycles. The maximum Gasteiger partial charge on any atom is 0.430 e. The van der Waals surface area contributed by atoms with Crippen molar-refractivity contribution in [2.45, 2.75) is 44.0 Å². The molecular formula is C23H27F3N6O3. The first-order valence-electron chi connectivity index (χ1n) is 11.4. The SMILES string of the molecule is N=C(/C=C(\N)C(F)(F)F)C(=O)NC1CCC(Oc2cc(N3CCOCC3)cc3nccnc23)CC1. The molecule has 188 valence electrons. The average molecular weight is 493 g/mol. The number of anilines is 1. The lowest BCUT2D eigenvalue weighted by Gasteiger charge is -2.31. The fourth-order valence-corrected chi connectivity index (χ4v) is 4.19. The number of nitrogens with zero attached hydrogens (tertiary/aromatic N) is 3. The number of allylic oxidation sites excluding steroid dienone is 1. The lowest BCUT2D eigenvalue weighted by molar-refractivity contribution is -0.115. The van der Waals surface area contributed by atoms with Gasteiger partial charge in [-0.1, -0.05) is 0 Å². The van der Waals surface area contributed by atoms with E-state index in [4.69, 9.17) is 20.6 Å². The van der Waals surface area contributed by atoms with Gasteiger partial charge in [0.25, 0.3) is 5.91 Å². The van der Waals surface area contributed by atoms with Crippen molar-refractivity contribution in [3.63, 3.8) is 0 Å². The number of ether oxygens (including phenoxy) is 2. The Morgan fingerprint density at radius 3 is 2.54 bits per heavy atom. The predicted octanol–water partition coefficient (Wildman–Crippen LogP) is 2.70. The number of hydrogen-bond acceptors (Lipinski definition) is 8. The van der Waals surface area contributed by atoms with Crippen LogP contribution in [0.2, 0.25) is 0 Å². The lowest BCUT2D eigenvalue weighted by Crippen LogP contribution is -2.42. The number of fused-ring (bicyclic) bond motifs is 1. The largest absolute Gasteiger partial charge is 0.488 e. The summed E-state index contributed by atoms with van der Waals surface area (Å²) in [6.45, 7) is 2.85. The Balaban J connectivity index is 1.38. The van der Waals surface area contributed by atoms with Gasteiger partial charge in [0, 0.05) is 43.3 Å². The Bertz CT molecular complexity index is 1110. The Morgan fingerprint density at radius 1 is 1.17 bits per heavy atom. The summed E-state index contributed by atoms with van der Waals surface area (Å²) >= 11 is 0. The van der Waals surface area contributed by atoms with E-state index in [1.54, 1.807) is 12.4 Å². The van der Waals surface area contributed by atoms with E-state index in [9.17, 15) is 18.0 Å². The first kappa shape index (κ1) is 24.7. The van der Waals surface area contributed by atoms with Gasteiger partial charge < -0.3 is 25.4 Å². The first-order chi connectivity index (χ1) is 16.7. The summed E-state index contributed by atoms with van der Waals surface area (Å²) in [4.78, 5) is 23.2. The molecule has 9 nitrogen and oxygen atoms in total. The van der Waals surface area contributed by atoms with E-state index in [2.05, 4.69) is 20.2 Å². The molecule has 2 fully saturated rings. The first-order valence-corrected chi connectivity index (χ1v) is 11.4. The fraction of sp³-hybridized carbons (Fsp3) is 0.478. The summed E-state index contributed by atoms with van der Waals surface area (Å²) < 4.78 is 49.4. The van der Waals surface area contributed by atoms with Crippen molar-refractivity contribution in [1.29, 1.82) is 5.41 Å². The van der Waals surface area contributed by atoms with Crippen LogP contribution in [0.3, 0.4) is 0 Å². The van der Waals surface area contributed by atoms with Gasteiger partial charge in [-0.25, -0.2) is 4.98 Å². The third-order valence-electron chi connectivity index (χ3n) is 6.07. The molecule has 2 heterocycles. The summed E-state index contributed by atoms with van der Waals surface area (Å²) in [5, 5.41) is 10.2. The number of halogens is 3. The molecule has 1 aromatic carbocycles. The molecular weight excluding hydrogens is 465 g/mol. The smallest absolute Gasteiger partial charge is 0.430 e. The topological polar surface area (TPSA) is 126 Å². The fourth-order valence-electron chi connectivity index (χ4n) is 4.19. The van der Waals surface area contributed by atoms with Crippen LogP contribution in [0.1, 0.15) is 25.7 Å². The second-order valence-corrected chi connectivity index (χ2v) is 8.54. The van der Waals surface area contributed by atoms with Gasteiger partial charge in [0.1, 0.15) is 22.7 Å². The molecule has 35 heavy (non-hydrogen) atoms. The minimum Gasteiger partial charge on any atom is -0.488 e. The highest BCUT2D eigenvalue weighted by atomic mass is 19.4. The van der Waals surface area contributed by atoms with E-state index in [0.717, 1.165) is 24.3 Å². The van der Waals surface area contributed by atoms with Crippen LogP contribution in [0, 0.1) is 5.41 Å². The summed E-state index contributed by atoms with van der Waals surface area (Å²) in [5.74, 6) is -0.250. The van der Waals surface area contributed by atoms with Crippen molar-refractivity contribution in [3.05, 3.63) is 36.3 Å². The van der Waals surface area contributed by atoms with E-state index < -0.39 is 23.5 Å².